The molecule has 0 fully saturated rings. The number of benzene rings is 1. The van der Waals surface area contributed by atoms with Crippen LogP contribution in [0.2, 0.25) is 0 Å². The number of rotatable bonds is 7. The van der Waals surface area contributed by atoms with Crippen molar-refractivity contribution in [3.8, 4) is 5.75 Å². The maximum atomic E-state index is 13.5. The van der Waals surface area contributed by atoms with Crippen LogP contribution in [-0.2, 0) is 20.8 Å². The second kappa shape index (κ2) is 9.57. The number of hydrogen-bond donors (Lipinski definition) is 3. The minimum absolute atomic E-state index is 0.141. The first-order valence-electron chi connectivity index (χ1n) is 9.72. The van der Waals surface area contributed by atoms with Crippen molar-refractivity contribution in [1.82, 2.24) is 10.6 Å². The van der Waals surface area contributed by atoms with Crippen LogP contribution in [0.3, 0.4) is 0 Å². The van der Waals surface area contributed by atoms with Gasteiger partial charge >= 0.3 is 12.1 Å². The van der Waals surface area contributed by atoms with Crippen molar-refractivity contribution < 1.29 is 50.6 Å². The molecule has 0 aromatic heterocycles. The van der Waals surface area contributed by atoms with E-state index in [2.05, 4.69) is 5.32 Å². The van der Waals surface area contributed by atoms with E-state index in [0.29, 0.717) is 0 Å². The number of carbonyl (C=O) groups excluding carboxylic acids is 3. The van der Waals surface area contributed by atoms with Gasteiger partial charge in [0.2, 0.25) is 11.8 Å². The summed E-state index contributed by atoms with van der Waals surface area (Å²) >= 11 is 0. The van der Waals surface area contributed by atoms with Crippen LogP contribution in [0.4, 0.5) is 26.3 Å². The fourth-order valence-electron chi connectivity index (χ4n) is 3.00. The van der Waals surface area contributed by atoms with Gasteiger partial charge in [-0.3, -0.25) is 14.4 Å². The Morgan fingerprint density at radius 1 is 1.15 bits per heavy atom. The molecule has 2 atom stereocenters. The number of alkyl halides is 5. The maximum absolute atomic E-state index is 13.5. The highest BCUT2D eigenvalue weighted by molar-refractivity contribution is 6.05. The van der Waals surface area contributed by atoms with Crippen molar-refractivity contribution >= 4 is 17.6 Å². The van der Waals surface area contributed by atoms with Crippen LogP contribution in [0.25, 0.3) is 0 Å². The number of hydrogen-bond acceptors (Lipinski definition) is 5. The minimum atomic E-state index is -5.90. The molecule has 0 saturated carbocycles. The molecule has 0 bridgehead atoms. The molecule has 1 aromatic carbocycles. The van der Waals surface area contributed by atoms with Crippen molar-refractivity contribution in [2.75, 3.05) is 13.2 Å². The second-order valence-electron chi connectivity index (χ2n) is 8.02. The number of carbonyl (C=O) groups is 3. The molecule has 1 aromatic rings. The summed E-state index contributed by atoms with van der Waals surface area (Å²) in [6.07, 6.45) is -7.52. The van der Waals surface area contributed by atoms with Crippen LogP contribution in [0.1, 0.15) is 25.8 Å². The number of aliphatic hydroxyl groups excluding tert-OH is 1. The Labute approximate surface area is 184 Å². The Morgan fingerprint density at radius 2 is 1.79 bits per heavy atom. The summed E-state index contributed by atoms with van der Waals surface area (Å²) in [5, 5.41) is 13.0. The van der Waals surface area contributed by atoms with E-state index in [1.54, 1.807) is 0 Å². The maximum Gasteiger partial charge on any atom is 0.455 e. The Hall–Kier alpha value is -2.83. The van der Waals surface area contributed by atoms with E-state index >= 15 is 0 Å². The summed E-state index contributed by atoms with van der Waals surface area (Å²) in [6, 6.07) is 2.00. The van der Waals surface area contributed by atoms with Crippen LogP contribution >= 0.6 is 0 Å². The first-order chi connectivity index (χ1) is 15.1. The van der Waals surface area contributed by atoms with Crippen molar-refractivity contribution in [2.45, 2.75) is 50.9 Å². The minimum Gasteiger partial charge on any atom is -0.487 e. The van der Waals surface area contributed by atoms with Gasteiger partial charge in [0.25, 0.3) is 0 Å². The van der Waals surface area contributed by atoms with Gasteiger partial charge in [-0.15, -0.1) is 0 Å². The fraction of sp³-hybridized carbons (Fsp3) is 0.550. The summed E-state index contributed by atoms with van der Waals surface area (Å²) < 4.78 is 82.3. The summed E-state index contributed by atoms with van der Waals surface area (Å²) in [4.78, 5) is 37.7. The molecule has 0 aliphatic carbocycles. The molecule has 1 heterocycles. The van der Waals surface area contributed by atoms with Crippen LogP contribution in [0.15, 0.2) is 18.2 Å². The zero-order valence-corrected chi connectivity index (χ0v) is 17.6. The predicted molar refractivity (Wildman–Crippen MR) is 101 cm³/mol. The average Bonchev–Trinajstić information content (AvgIpc) is 2.82. The number of nitrogens with one attached hydrogen (secondary N) is 2. The van der Waals surface area contributed by atoms with Gasteiger partial charge in [-0.2, -0.15) is 22.0 Å². The summed E-state index contributed by atoms with van der Waals surface area (Å²) in [5.41, 5.74) is -1.97. The number of ether oxygens (including phenoxy) is 1. The number of ketones is 1. The summed E-state index contributed by atoms with van der Waals surface area (Å²) in [5.74, 6) is -8.95. The highest BCUT2D eigenvalue weighted by atomic mass is 19.4. The van der Waals surface area contributed by atoms with Crippen molar-refractivity contribution in [2.24, 2.45) is 5.41 Å². The van der Waals surface area contributed by atoms with E-state index in [-0.39, 0.29) is 24.2 Å². The summed E-state index contributed by atoms with van der Waals surface area (Å²) in [7, 11) is 0. The third kappa shape index (κ3) is 5.95. The van der Waals surface area contributed by atoms with Crippen molar-refractivity contribution in [3.05, 3.63) is 29.6 Å². The SMILES string of the molecule is CC(C)(C(=O)NCC(F)(F)C(F)(F)F)C(=O)N[C@@H]1C(=O)Cc2cc(F)ccc2O[C@@H]1CCO. The smallest absolute Gasteiger partial charge is 0.455 e. The standard InChI is InChI=1S/C20H22F6N2O5/c1-18(2,16(31)27-9-19(22,23)20(24,25)26)17(32)28-15-12(30)8-10-7-11(21)3-4-13(10)33-14(15)5-6-29/h3-4,7,14-15,29H,5-6,8-9H2,1-2H3,(H,27,31)(H,28,32)/t14-,15-/m1/s1. The molecule has 0 unspecified atom stereocenters. The Balaban J connectivity index is 2.18. The molecule has 7 nitrogen and oxygen atoms in total. The molecule has 13 heteroatoms. The van der Waals surface area contributed by atoms with Crippen molar-refractivity contribution in [1.29, 1.82) is 0 Å². The van der Waals surface area contributed by atoms with Gasteiger partial charge in [0.05, 0.1) is 6.54 Å². The van der Waals surface area contributed by atoms with Crippen molar-refractivity contribution in [3.63, 3.8) is 0 Å². The van der Waals surface area contributed by atoms with E-state index in [1.807, 2.05) is 0 Å². The molecule has 0 saturated heterocycles. The van der Waals surface area contributed by atoms with Crippen LogP contribution in [0, 0.1) is 11.2 Å². The molecule has 0 spiro atoms. The fourth-order valence-corrected chi connectivity index (χ4v) is 3.00. The largest absolute Gasteiger partial charge is 0.487 e. The van der Waals surface area contributed by atoms with Gasteiger partial charge < -0.3 is 20.5 Å². The van der Waals surface area contributed by atoms with Crippen LogP contribution < -0.4 is 15.4 Å². The highest BCUT2D eigenvalue weighted by Crippen LogP contribution is 2.35. The third-order valence-corrected chi connectivity index (χ3v) is 5.11. The van der Waals surface area contributed by atoms with Gasteiger partial charge in [-0.1, -0.05) is 0 Å². The van der Waals surface area contributed by atoms with E-state index in [4.69, 9.17) is 4.74 Å². The molecule has 3 N–H and O–H groups in total. The normalized spacial score (nSPS) is 19.2. The second-order valence-corrected chi connectivity index (χ2v) is 8.02. The first kappa shape index (κ1) is 26.4. The van der Waals surface area contributed by atoms with Gasteiger partial charge in [0, 0.05) is 25.0 Å². The van der Waals surface area contributed by atoms with E-state index in [1.165, 1.54) is 11.4 Å². The summed E-state index contributed by atoms with van der Waals surface area (Å²) in [6.45, 7) is -0.601. The topological polar surface area (TPSA) is 105 Å². The average molecular weight is 484 g/mol. The number of amides is 2. The lowest BCUT2D eigenvalue weighted by atomic mass is 9.89. The highest BCUT2D eigenvalue weighted by Gasteiger charge is 2.57. The lowest BCUT2D eigenvalue weighted by Gasteiger charge is -2.30. The predicted octanol–water partition coefficient (Wildman–Crippen LogP) is 1.91. The number of Topliss-reactive ketones (excluding diaryl/α,β-unsaturated/α-hetero) is 1. The quantitative estimate of drug-likeness (QED) is 0.405. The third-order valence-electron chi connectivity index (χ3n) is 5.11. The molecule has 1 aliphatic rings. The molecule has 0 radical (unpaired) electrons. The van der Waals surface area contributed by atoms with E-state index < -0.39 is 66.2 Å². The number of aliphatic hydroxyl groups is 1. The zero-order valence-electron chi connectivity index (χ0n) is 17.6. The van der Waals surface area contributed by atoms with Gasteiger partial charge in [0.1, 0.15) is 29.1 Å². The Kier molecular flexibility index (Phi) is 7.67. The van der Waals surface area contributed by atoms with Crippen LogP contribution in [-0.4, -0.2) is 60.1 Å². The zero-order chi connectivity index (χ0) is 25.2. The molecule has 33 heavy (non-hydrogen) atoms. The van der Waals surface area contributed by atoms with E-state index in [0.717, 1.165) is 26.0 Å². The van der Waals surface area contributed by atoms with Gasteiger partial charge in [0.15, 0.2) is 5.78 Å². The molecular weight excluding hydrogens is 462 g/mol. The Morgan fingerprint density at radius 3 is 2.36 bits per heavy atom. The molecule has 2 amide bonds. The molecule has 184 valence electrons. The van der Waals surface area contributed by atoms with Gasteiger partial charge in [-0.25, -0.2) is 4.39 Å². The lowest BCUT2D eigenvalue weighted by Crippen LogP contribution is -2.58. The van der Waals surface area contributed by atoms with E-state index in [9.17, 15) is 45.8 Å². The molecular formula is C20H22F6N2O5. The Bertz CT molecular complexity index is 919. The van der Waals surface area contributed by atoms with Gasteiger partial charge in [-0.05, 0) is 32.0 Å². The van der Waals surface area contributed by atoms with Crippen LogP contribution in [0.5, 0.6) is 5.75 Å². The first-order valence-corrected chi connectivity index (χ1v) is 9.72. The number of halogens is 6. The number of fused-ring (bicyclic) bond motifs is 1. The lowest BCUT2D eigenvalue weighted by molar-refractivity contribution is -0.278. The monoisotopic (exact) mass is 484 g/mol. The molecule has 1 aliphatic heterocycles. The molecule has 2 rings (SSSR count).